The van der Waals surface area contributed by atoms with Gasteiger partial charge in [-0.25, -0.2) is 0 Å². The van der Waals surface area contributed by atoms with Gasteiger partial charge >= 0.3 is 0 Å². The van der Waals surface area contributed by atoms with Crippen molar-refractivity contribution in [1.29, 1.82) is 5.26 Å². The van der Waals surface area contributed by atoms with Crippen molar-refractivity contribution in [2.24, 2.45) is 5.92 Å². The number of nitrogens with one attached hydrogen (secondary N) is 1. The smallest absolute Gasteiger partial charge is 0.241 e. The number of halogens is 1. The van der Waals surface area contributed by atoms with Gasteiger partial charge in [-0.1, -0.05) is 28.9 Å². The van der Waals surface area contributed by atoms with Gasteiger partial charge < -0.3 is 5.32 Å². The Hall–Kier alpha value is -1.34. The van der Waals surface area contributed by atoms with Gasteiger partial charge in [0.25, 0.3) is 0 Å². The lowest BCUT2D eigenvalue weighted by Gasteiger charge is -2.08. The minimum atomic E-state index is -0.580. The number of rotatable bonds is 3. The summed E-state index contributed by atoms with van der Waals surface area (Å²) in [5.74, 6) is -0.831. The van der Waals surface area contributed by atoms with Crippen molar-refractivity contribution in [2.75, 3.05) is 5.32 Å². The van der Waals surface area contributed by atoms with Crippen molar-refractivity contribution in [3.8, 4) is 6.07 Å². The van der Waals surface area contributed by atoms with E-state index in [2.05, 4.69) is 21.2 Å². The summed E-state index contributed by atoms with van der Waals surface area (Å²) in [5, 5.41) is 11.4. The van der Waals surface area contributed by atoms with Gasteiger partial charge in [0, 0.05) is 10.2 Å². The zero-order valence-corrected chi connectivity index (χ0v) is 9.91. The van der Waals surface area contributed by atoms with Crippen LogP contribution in [0.3, 0.4) is 0 Å². The number of amides is 1. The van der Waals surface area contributed by atoms with Crippen molar-refractivity contribution >= 4 is 27.5 Å². The molecule has 1 N–H and O–H groups in total. The van der Waals surface area contributed by atoms with Crippen LogP contribution in [-0.2, 0) is 4.79 Å². The van der Waals surface area contributed by atoms with E-state index in [1.807, 2.05) is 25.1 Å². The molecule has 1 unspecified atom stereocenters. The van der Waals surface area contributed by atoms with Gasteiger partial charge in [-0.15, -0.1) is 0 Å². The van der Waals surface area contributed by atoms with Gasteiger partial charge in [-0.2, -0.15) is 5.26 Å². The molecule has 0 heterocycles. The summed E-state index contributed by atoms with van der Waals surface area (Å²) in [4.78, 5) is 11.5. The molecule has 0 spiro atoms. The van der Waals surface area contributed by atoms with Crippen LogP contribution in [-0.4, -0.2) is 5.91 Å². The van der Waals surface area contributed by atoms with Gasteiger partial charge in [0.15, 0.2) is 0 Å². The fourth-order valence-corrected chi connectivity index (χ4v) is 1.53. The summed E-state index contributed by atoms with van der Waals surface area (Å²) in [5.41, 5.74) is 0.697. The first-order valence-corrected chi connectivity index (χ1v) is 5.42. The highest BCUT2D eigenvalue weighted by molar-refractivity contribution is 9.10. The van der Waals surface area contributed by atoms with Crippen LogP contribution in [0, 0.1) is 17.2 Å². The van der Waals surface area contributed by atoms with E-state index >= 15 is 0 Å². The number of hydrogen-bond donors (Lipinski definition) is 1. The lowest BCUT2D eigenvalue weighted by Crippen LogP contribution is -2.20. The molecule has 1 rings (SSSR count). The summed E-state index contributed by atoms with van der Waals surface area (Å²) in [7, 11) is 0. The largest absolute Gasteiger partial charge is 0.325 e. The van der Waals surface area contributed by atoms with Crippen molar-refractivity contribution < 1.29 is 4.79 Å². The molecule has 4 heteroatoms. The first kappa shape index (κ1) is 11.7. The standard InChI is InChI=1S/C11H11BrN2O/c1-2-8(7-13)11(15)14-10-5-3-4-9(12)6-10/h3-6,8H,2H2,1H3,(H,14,15). The Morgan fingerprint density at radius 1 is 1.67 bits per heavy atom. The van der Waals surface area contributed by atoms with Crippen LogP contribution < -0.4 is 5.32 Å². The number of carbonyl (C=O) groups is 1. The maximum Gasteiger partial charge on any atom is 0.241 e. The van der Waals surface area contributed by atoms with Crippen LogP contribution in [0.25, 0.3) is 0 Å². The third-order valence-corrected chi connectivity index (χ3v) is 2.47. The van der Waals surface area contributed by atoms with Crippen molar-refractivity contribution in [3.05, 3.63) is 28.7 Å². The average molecular weight is 267 g/mol. The zero-order valence-electron chi connectivity index (χ0n) is 8.33. The molecule has 3 nitrogen and oxygen atoms in total. The van der Waals surface area contributed by atoms with Crippen molar-refractivity contribution in [1.82, 2.24) is 0 Å². The molecule has 0 aliphatic rings. The van der Waals surface area contributed by atoms with Gasteiger partial charge in [0.05, 0.1) is 6.07 Å². The van der Waals surface area contributed by atoms with E-state index in [4.69, 9.17) is 5.26 Å². The topological polar surface area (TPSA) is 52.9 Å². The fraction of sp³-hybridized carbons (Fsp3) is 0.273. The van der Waals surface area contributed by atoms with Crippen LogP contribution in [0.15, 0.2) is 28.7 Å². The molecule has 0 fully saturated rings. The van der Waals surface area contributed by atoms with E-state index in [9.17, 15) is 4.79 Å². The number of carbonyl (C=O) groups excluding carboxylic acids is 1. The predicted octanol–water partition coefficient (Wildman–Crippen LogP) is 2.94. The highest BCUT2D eigenvalue weighted by atomic mass is 79.9. The summed E-state index contributed by atoms with van der Waals surface area (Å²) < 4.78 is 0.894. The molecule has 0 aliphatic carbocycles. The highest BCUT2D eigenvalue weighted by Crippen LogP contribution is 2.16. The lowest BCUT2D eigenvalue weighted by atomic mass is 10.1. The van der Waals surface area contributed by atoms with E-state index < -0.39 is 5.92 Å². The maximum absolute atomic E-state index is 11.5. The monoisotopic (exact) mass is 266 g/mol. The van der Waals surface area contributed by atoms with E-state index in [1.54, 1.807) is 12.1 Å². The van der Waals surface area contributed by atoms with Crippen molar-refractivity contribution in [3.63, 3.8) is 0 Å². The lowest BCUT2D eigenvalue weighted by molar-refractivity contribution is -0.118. The van der Waals surface area contributed by atoms with Crippen LogP contribution in [0.2, 0.25) is 0 Å². The molecular weight excluding hydrogens is 256 g/mol. The number of nitriles is 1. The van der Waals surface area contributed by atoms with Gasteiger partial charge in [-0.05, 0) is 24.6 Å². The Balaban J connectivity index is 2.71. The fourth-order valence-electron chi connectivity index (χ4n) is 1.13. The maximum atomic E-state index is 11.5. The Labute approximate surface area is 97.2 Å². The average Bonchev–Trinajstić information content (AvgIpc) is 2.19. The second kappa shape index (κ2) is 5.52. The zero-order chi connectivity index (χ0) is 11.3. The Morgan fingerprint density at radius 2 is 2.40 bits per heavy atom. The Kier molecular flexibility index (Phi) is 4.32. The van der Waals surface area contributed by atoms with Crippen LogP contribution in [0.4, 0.5) is 5.69 Å². The number of nitrogens with zero attached hydrogens (tertiary/aromatic N) is 1. The number of benzene rings is 1. The molecule has 1 aromatic carbocycles. The van der Waals surface area contributed by atoms with Gasteiger partial charge in [0.1, 0.15) is 5.92 Å². The van der Waals surface area contributed by atoms with Crippen molar-refractivity contribution in [2.45, 2.75) is 13.3 Å². The summed E-state index contributed by atoms with van der Waals surface area (Å²) >= 11 is 3.31. The van der Waals surface area contributed by atoms with E-state index in [-0.39, 0.29) is 5.91 Å². The molecule has 78 valence electrons. The van der Waals surface area contributed by atoms with Gasteiger partial charge in [-0.3, -0.25) is 4.79 Å². The Morgan fingerprint density at radius 3 is 2.93 bits per heavy atom. The minimum Gasteiger partial charge on any atom is -0.325 e. The quantitative estimate of drug-likeness (QED) is 0.915. The highest BCUT2D eigenvalue weighted by Gasteiger charge is 2.15. The third-order valence-electron chi connectivity index (χ3n) is 1.97. The van der Waals surface area contributed by atoms with Crippen LogP contribution >= 0.6 is 15.9 Å². The summed E-state index contributed by atoms with van der Waals surface area (Å²) in [6, 6.07) is 9.24. The van der Waals surface area contributed by atoms with Gasteiger partial charge in [0.2, 0.25) is 5.91 Å². The first-order chi connectivity index (χ1) is 7.17. The second-order valence-electron chi connectivity index (χ2n) is 3.09. The molecule has 1 amide bonds. The number of hydrogen-bond acceptors (Lipinski definition) is 2. The Bertz CT molecular complexity index is 398. The summed E-state index contributed by atoms with van der Waals surface area (Å²) in [6.45, 7) is 1.81. The number of anilines is 1. The molecule has 0 aromatic heterocycles. The second-order valence-corrected chi connectivity index (χ2v) is 4.01. The molecule has 0 saturated heterocycles. The molecule has 15 heavy (non-hydrogen) atoms. The SMILES string of the molecule is CCC(C#N)C(=O)Nc1cccc(Br)c1. The predicted molar refractivity (Wildman–Crippen MR) is 62.2 cm³/mol. The van der Waals surface area contributed by atoms with E-state index in [0.29, 0.717) is 12.1 Å². The van der Waals surface area contributed by atoms with Crippen LogP contribution in [0.5, 0.6) is 0 Å². The molecule has 1 aromatic rings. The normalized spacial score (nSPS) is 11.5. The summed E-state index contributed by atoms with van der Waals surface area (Å²) in [6.07, 6.45) is 0.524. The van der Waals surface area contributed by atoms with E-state index in [0.717, 1.165) is 4.47 Å². The molecular formula is C11H11BrN2O. The third kappa shape index (κ3) is 3.37. The first-order valence-electron chi connectivity index (χ1n) is 4.63. The van der Waals surface area contributed by atoms with Crippen LogP contribution in [0.1, 0.15) is 13.3 Å². The molecule has 1 atom stereocenters. The van der Waals surface area contributed by atoms with E-state index in [1.165, 1.54) is 0 Å². The molecule has 0 radical (unpaired) electrons. The molecule has 0 saturated carbocycles. The molecule has 0 bridgehead atoms. The minimum absolute atomic E-state index is 0.252. The molecule has 0 aliphatic heterocycles.